The fraction of sp³-hybridized carbons (Fsp3) is 0.310. The molecule has 6 rings (SSSR count). The molecule has 1 spiro atoms. The van der Waals surface area contributed by atoms with Gasteiger partial charge in [-0.3, -0.25) is 14.4 Å². The first-order valence-electron chi connectivity index (χ1n) is 12.9. The van der Waals surface area contributed by atoms with Gasteiger partial charge in [0.2, 0.25) is 23.1 Å². The van der Waals surface area contributed by atoms with Gasteiger partial charge in [-0.1, -0.05) is 6.07 Å². The molecule has 0 unspecified atom stereocenters. The zero-order chi connectivity index (χ0) is 29.1. The van der Waals surface area contributed by atoms with Crippen molar-refractivity contribution in [3.8, 4) is 0 Å². The summed E-state index contributed by atoms with van der Waals surface area (Å²) in [5.41, 5.74) is -0.472. The number of aryl methyl sites for hydroxylation is 1. The van der Waals surface area contributed by atoms with Gasteiger partial charge in [-0.05, 0) is 86.8 Å². The van der Waals surface area contributed by atoms with E-state index in [1.54, 1.807) is 43.3 Å². The molecule has 0 radical (unpaired) electrons. The van der Waals surface area contributed by atoms with Crippen LogP contribution in [0.25, 0.3) is 0 Å². The van der Waals surface area contributed by atoms with Gasteiger partial charge in [0.05, 0.1) is 36.0 Å². The van der Waals surface area contributed by atoms with E-state index in [9.17, 15) is 24.3 Å². The van der Waals surface area contributed by atoms with Crippen LogP contribution >= 0.6 is 43.2 Å². The van der Waals surface area contributed by atoms with Gasteiger partial charge in [-0.15, -0.1) is 11.3 Å². The molecule has 3 aromatic rings. The average Bonchev–Trinajstić information content (AvgIpc) is 3.59. The quantitative estimate of drug-likeness (QED) is 0.305. The molecule has 3 heterocycles. The standard InChI is InChI=1S/C29H24Br2N2O7S.Na/c1-14-12-18-24(41-14)26(35)29(25(18)34)22(28(37)38)21(23(40-29)15-2-7-19(30)20(31)13-15)27(36)32-16-3-5-17(6-4-16)33-8-10-39-11-9-33;/h2-7,12-13,21-23H,8-11H2,1H3,(H,32,36)(H,37,38);/q;+1/p-1/t21-,22-,23-,29-;/m0./s1. The van der Waals surface area contributed by atoms with Crippen molar-refractivity contribution in [3.63, 3.8) is 0 Å². The van der Waals surface area contributed by atoms with Crippen molar-refractivity contribution in [2.45, 2.75) is 18.6 Å². The molecule has 2 aromatic carbocycles. The number of nitrogens with one attached hydrogen (secondary N) is 1. The van der Waals surface area contributed by atoms with Crippen LogP contribution in [0.1, 0.15) is 36.6 Å². The average molecular weight is 726 g/mol. The Morgan fingerprint density at radius 3 is 2.33 bits per heavy atom. The van der Waals surface area contributed by atoms with Gasteiger partial charge < -0.3 is 29.6 Å². The molecule has 212 valence electrons. The molecule has 1 amide bonds. The third kappa shape index (κ3) is 5.23. The Morgan fingerprint density at radius 1 is 1.02 bits per heavy atom. The Hall–Kier alpha value is -1.90. The Balaban J connectivity index is 0.00000353. The molecule has 0 saturated carbocycles. The van der Waals surface area contributed by atoms with E-state index in [0.717, 1.165) is 39.5 Å². The first-order chi connectivity index (χ1) is 19.6. The van der Waals surface area contributed by atoms with Crippen molar-refractivity contribution in [2.24, 2.45) is 11.8 Å². The second-order valence-electron chi connectivity index (χ2n) is 10.2. The third-order valence-corrected chi connectivity index (χ3v) is 10.7. The largest absolute Gasteiger partial charge is 1.00 e. The number of fused-ring (bicyclic) bond motifs is 1. The second kappa shape index (κ2) is 12.2. The first kappa shape index (κ1) is 31.5. The molecular formula is C29H23Br2N2NaO7S. The number of morpholine rings is 1. The Morgan fingerprint density at radius 2 is 1.71 bits per heavy atom. The van der Waals surface area contributed by atoms with E-state index in [-0.39, 0.29) is 40.0 Å². The summed E-state index contributed by atoms with van der Waals surface area (Å²) in [6, 6.07) is 13.8. The van der Waals surface area contributed by atoms with Gasteiger partial charge in [0.1, 0.15) is 0 Å². The molecule has 1 aromatic heterocycles. The van der Waals surface area contributed by atoms with Crippen molar-refractivity contribution < 1.29 is 63.3 Å². The minimum Gasteiger partial charge on any atom is -0.550 e. The first-order valence-corrected chi connectivity index (χ1v) is 15.3. The summed E-state index contributed by atoms with van der Waals surface area (Å²) in [4.78, 5) is 57.3. The molecule has 1 aliphatic carbocycles. The number of aliphatic carboxylic acids is 1. The van der Waals surface area contributed by atoms with E-state index >= 15 is 0 Å². The Labute approximate surface area is 284 Å². The molecule has 9 nitrogen and oxygen atoms in total. The van der Waals surface area contributed by atoms with E-state index in [1.165, 1.54) is 0 Å². The normalized spacial score (nSPS) is 24.9. The summed E-state index contributed by atoms with van der Waals surface area (Å²) in [5, 5.41) is 15.6. The number of anilines is 2. The maximum atomic E-state index is 13.9. The van der Waals surface area contributed by atoms with Crippen LogP contribution in [0, 0.1) is 18.8 Å². The van der Waals surface area contributed by atoms with Crippen molar-refractivity contribution in [1.29, 1.82) is 0 Å². The van der Waals surface area contributed by atoms with Gasteiger partial charge in [-0.2, -0.15) is 0 Å². The van der Waals surface area contributed by atoms with Gasteiger partial charge >= 0.3 is 29.6 Å². The van der Waals surface area contributed by atoms with Crippen LogP contribution in [0.5, 0.6) is 0 Å². The number of rotatable bonds is 5. The number of nitrogens with zero attached hydrogens (tertiary/aromatic N) is 1. The number of carbonyl (C=O) groups excluding carboxylic acids is 4. The van der Waals surface area contributed by atoms with Crippen LogP contribution in [0.3, 0.4) is 0 Å². The van der Waals surface area contributed by atoms with Crippen molar-refractivity contribution in [1.82, 2.24) is 0 Å². The van der Waals surface area contributed by atoms with E-state index in [1.807, 2.05) is 12.1 Å². The molecule has 0 bridgehead atoms. The van der Waals surface area contributed by atoms with E-state index < -0.39 is 47.0 Å². The van der Waals surface area contributed by atoms with E-state index in [2.05, 4.69) is 42.1 Å². The number of benzene rings is 2. The monoisotopic (exact) mass is 724 g/mol. The number of carboxylic acid groups (broad SMARTS) is 1. The number of ketones is 2. The summed E-state index contributed by atoms with van der Waals surface area (Å²) in [7, 11) is 0. The van der Waals surface area contributed by atoms with Crippen LogP contribution in [0.15, 0.2) is 57.5 Å². The van der Waals surface area contributed by atoms with Crippen LogP contribution in [0.2, 0.25) is 0 Å². The molecule has 1 N–H and O–H groups in total. The molecule has 4 atom stereocenters. The van der Waals surface area contributed by atoms with Crippen LogP contribution in [-0.2, 0) is 19.1 Å². The number of carboxylic acids is 1. The summed E-state index contributed by atoms with van der Waals surface area (Å²) in [6.45, 7) is 4.51. The summed E-state index contributed by atoms with van der Waals surface area (Å²) in [5.74, 6) is -7.23. The molecule has 2 fully saturated rings. The molecule has 13 heteroatoms. The summed E-state index contributed by atoms with van der Waals surface area (Å²) in [6.07, 6.45) is -1.22. The fourth-order valence-electron chi connectivity index (χ4n) is 5.86. The van der Waals surface area contributed by atoms with Crippen molar-refractivity contribution >= 4 is 78.0 Å². The Kier molecular flexibility index (Phi) is 9.19. The molecule has 3 aliphatic rings. The van der Waals surface area contributed by atoms with Crippen LogP contribution in [-0.4, -0.2) is 55.3 Å². The van der Waals surface area contributed by atoms with E-state index in [0.29, 0.717) is 28.9 Å². The molecule has 2 saturated heterocycles. The van der Waals surface area contributed by atoms with E-state index in [4.69, 9.17) is 9.47 Å². The Bertz CT molecular complexity index is 1560. The zero-order valence-electron chi connectivity index (χ0n) is 22.6. The maximum absolute atomic E-state index is 13.9. The minimum absolute atomic E-state index is 0. The molecular weight excluding hydrogens is 703 g/mol. The smallest absolute Gasteiger partial charge is 0.550 e. The van der Waals surface area contributed by atoms with Gasteiger partial charge in [0, 0.05) is 49.8 Å². The maximum Gasteiger partial charge on any atom is 1.00 e. The number of hydrogen-bond acceptors (Lipinski definition) is 9. The van der Waals surface area contributed by atoms with Crippen LogP contribution < -0.4 is 44.9 Å². The topological polar surface area (TPSA) is 125 Å². The predicted octanol–water partition coefficient (Wildman–Crippen LogP) is 0.932. The van der Waals surface area contributed by atoms with Gasteiger partial charge in [0.25, 0.3) is 0 Å². The SMILES string of the molecule is Cc1cc2c(s1)C(=O)[C@@]1(O[C@@H](c3ccc(Br)c(Br)c3)[C@@H](C(=O)Nc3ccc(N4CCOCC4)cc3)[C@H]1C(=O)[O-])C2=O.[Na+]. The summed E-state index contributed by atoms with van der Waals surface area (Å²) >= 11 is 7.94. The number of halogens is 2. The van der Waals surface area contributed by atoms with Crippen molar-refractivity contribution in [3.05, 3.63) is 78.4 Å². The minimum atomic E-state index is -2.40. The fourth-order valence-corrected chi connectivity index (χ4v) is 7.50. The van der Waals surface area contributed by atoms with Crippen molar-refractivity contribution in [2.75, 3.05) is 36.5 Å². The second-order valence-corrected chi connectivity index (χ2v) is 13.1. The zero-order valence-corrected chi connectivity index (χ0v) is 28.6. The molecule has 2 aliphatic heterocycles. The number of carbonyl (C=O) groups is 4. The number of ether oxygens (including phenoxy) is 2. The van der Waals surface area contributed by atoms with Gasteiger partial charge in [-0.25, -0.2) is 0 Å². The van der Waals surface area contributed by atoms with Crippen LogP contribution in [0.4, 0.5) is 11.4 Å². The number of Topliss-reactive ketones (excluding diaryl/α,β-unsaturated/α-hetero) is 2. The number of amides is 1. The number of hydrogen-bond donors (Lipinski definition) is 1. The third-order valence-electron chi connectivity index (χ3n) is 7.76. The molecule has 42 heavy (non-hydrogen) atoms. The predicted molar refractivity (Wildman–Crippen MR) is 156 cm³/mol. The number of thiophene rings is 1. The summed E-state index contributed by atoms with van der Waals surface area (Å²) < 4.78 is 13.0. The van der Waals surface area contributed by atoms with Gasteiger partial charge in [0.15, 0.2) is 0 Å².